The van der Waals surface area contributed by atoms with Gasteiger partial charge in [-0.05, 0) is 0 Å². The third-order valence-electron chi connectivity index (χ3n) is 0.598. The molecule has 0 rings (SSSR count). The number of rotatable bonds is 3. The first-order valence-electron chi connectivity index (χ1n) is 2.26. The van der Waals surface area contributed by atoms with E-state index >= 15 is 0 Å². The van der Waals surface area contributed by atoms with Crippen LogP contribution >= 0.6 is 8.17 Å². The molecule has 5 heteroatoms. The molecule has 0 saturated carbocycles. The van der Waals surface area contributed by atoms with Crippen LogP contribution in [-0.2, 0) is 9.05 Å². The molecular formula is C3H11O4P. The fourth-order valence-electron chi connectivity index (χ4n) is 0.247. The van der Waals surface area contributed by atoms with E-state index in [1.165, 1.54) is 7.11 Å². The summed E-state index contributed by atoms with van der Waals surface area (Å²) in [6, 6.07) is 0. The van der Waals surface area contributed by atoms with Crippen molar-refractivity contribution < 1.29 is 18.8 Å². The topological polar surface area (TPSA) is 58.9 Å². The third kappa shape index (κ3) is 3.29. The molecule has 0 atom stereocenters. The first kappa shape index (κ1) is 8.27. The van der Waals surface area contributed by atoms with Crippen molar-refractivity contribution in [1.29, 1.82) is 0 Å². The second-order valence-electron chi connectivity index (χ2n) is 1.19. The van der Waals surface area contributed by atoms with E-state index in [0.717, 1.165) is 0 Å². The van der Waals surface area contributed by atoms with Crippen LogP contribution in [-0.4, -0.2) is 23.5 Å². The molecule has 0 amide bonds. The second-order valence-corrected chi connectivity index (χ2v) is 2.98. The fourth-order valence-corrected chi connectivity index (χ4v) is 0.741. The normalized spacial score (nSPS) is 14.0. The Morgan fingerprint density at radius 2 is 2.00 bits per heavy atom. The fraction of sp³-hybridized carbons (Fsp3) is 1.00. The van der Waals surface area contributed by atoms with Gasteiger partial charge >= 0.3 is 47.6 Å². The molecule has 0 aliphatic rings. The molecule has 0 aliphatic carbocycles. The van der Waals surface area contributed by atoms with Gasteiger partial charge in [0.15, 0.2) is 0 Å². The van der Waals surface area contributed by atoms with Gasteiger partial charge in [-0.1, -0.05) is 0 Å². The molecule has 0 radical (unpaired) electrons. The van der Waals surface area contributed by atoms with Gasteiger partial charge in [0.05, 0.1) is 0 Å². The number of hydrogen-bond acceptors (Lipinski definition) is 4. The van der Waals surface area contributed by atoms with Crippen molar-refractivity contribution in [2.24, 2.45) is 0 Å². The minimum atomic E-state index is -3.68. The summed E-state index contributed by atoms with van der Waals surface area (Å²) in [6.07, 6.45) is 0. The van der Waals surface area contributed by atoms with Gasteiger partial charge in [-0.2, -0.15) is 0 Å². The molecule has 0 aromatic carbocycles. The Labute approximate surface area is 48.7 Å². The van der Waals surface area contributed by atoms with E-state index in [9.17, 15) is 0 Å². The van der Waals surface area contributed by atoms with E-state index in [1.807, 2.05) is 0 Å². The van der Waals surface area contributed by atoms with Crippen molar-refractivity contribution in [3.8, 4) is 0 Å². The molecule has 2 N–H and O–H groups in total. The Hall–Kier alpha value is 0.270. The summed E-state index contributed by atoms with van der Waals surface area (Å²) in [5, 5.41) is 0. The third-order valence-corrected chi connectivity index (χ3v) is 1.79. The minimum absolute atomic E-state index is 0.257. The molecule has 0 spiro atoms. The molecule has 0 saturated heterocycles. The first-order valence-corrected chi connectivity index (χ1v) is 3.97. The van der Waals surface area contributed by atoms with Gasteiger partial charge in [0.1, 0.15) is 0 Å². The predicted molar refractivity (Wildman–Crippen MR) is 31.4 cm³/mol. The molecule has 52 valence electrons. The molecule has 0 aromatic heterocycles. The van der Waals surface area contributed by atoms with Crippen LogP contribution in [0.5, 0.6) is 0 Å². The van der Waals surface area contributed by atoms with Crippen LogP contribution < -0.4 is 0 Å². The zero-order valence-electron chi connectivity index (χ0n) is 4.92. The first-order chi connectivity index (χ1) is 3.62. The van der Waals surface area contributed by atoms with E-state index in [1.54, 1.807) is 6.92 Å². The van der Waals surface area contributed by atoms with Crippen LogP contribution in [0.1, 0.15) is 6.92 Å². The Morgan fingerprint density at radius 1 is 1.50 bits per heavy atom. The van der Waals surface area contributed by atoms with E-state index < -0.39 is 8.17 Å². The van der Waals surface area contributed by atoms with Crippen LogP contribution in [0.2, 0.25) is 0 Å². The van der Waals surface area contributed by atoms with Crippen molar-refractivity contribution in [2.45, 2.75) is 6.92 Å². The van der Waals surface area contributed by atoms with Gasteiger partial charge in [0.2, 0.25) is 0 Å². The monoisotopic (exact) mass is 142 g/mol. The Morgan fingerprint density at radius 3 is 2.12 bits per heavy atom. The van der Waals surface area contributed by atoms with Gasteiger partial charge in [0, 0.05) is 0 Å². The second kappa shape index (κ2) is 3.33. The molecular weight excluding hydrogens is 131 g/mol. The standard InChI is InChI=1S/C3H11O4P/c1-3-7-8(4,5)6-2/h4-5,8H,3H2,1-2H3. The van der Waals surface area contributed by atoms with E-state index in [0.29, 0.717) is 0 Å². The summed E-state index contributed by atoms with van der Waals surface area (Å²) < 4.78 is 8.61. The average Bonchev–Trinajstić information content (AvgIpc) is 1.67. The van der Waals surface area contributed by atoms with Gasteiger partial charge in [-0.3, -0.25) is 0 Å². The maximum absolute atomic E-state index is 8.57. The van der Waals surface area contributed by atoms with Gasteiger partial charge in [-0.25, -0.2) is 0 Å². The summed E-state index contributed by atoms with van der Waals surface area (Å²) >= 11 is 0. The summed E-state index contributed by atoms with van der Waals surface area (Å²) in [5.41, 5.74) is 0. The molecule has 0 heterocycles. The molecule has 0 fully saturated rings. The van der Waals surface area contributed by atoms with E-state index in [2.05, 4.69) is 9.05 Å². The van der Waals surface area contributed by atoms with E-state index in [-0.39, 0.29) is 6.61 Å². The SMILES string of the molecule is CCO[PH](O)(O)OC. The van der Waals surface area contributed by atoms with Crippen molar-refractivity contribution in [3.05, 3.63) is 0 Å². The molecule has 8 heavy (non-hydrogen) atoms. The van der Waals surface area contributed by atoms with Gasteiger partial charge < -0.3 is 0 Å². The molecule has 0 unspecified atom stereocenters. The maximum atomic E-state index is 8.57. The number of hydrogen-bond donors (Lipinski definition) is 2. The summed E-state index contributed by atoms with van der Waals surface area (Å²) in [4.78, 5) is 17.1. The Kier molecular flexibility index (Phi) is 3.44. The van der Waals surface area contributed by atoms with Crippen molar-refractivity contribution in [2.75, 3.05) is 13.7 Å². The quantitative estimate of drug-likeness (QED) is 0.547. The van der Waals surface area contributed by atoms with Crippen LogP contribution in [0.25, 0.3) is 0 Å². The summed E-state index contributed by atoms with van der Waals surface area (Å²) in [6.45, 7) is 1.92. The van der Waals surface area contributed by atoms with Crippen LogP contribution in [0, 0.1) is 0 Å². The Balaban J connectivity index is 3.37. The molecule has 0 aliphatic heterocycles. The molecule has 0 aromatic rings. The van der Waals surface area contributed by atoms with E-state index in [4.69, 9.17) is 9.79 Å². The predicted octanol–water partition coefficient (Wildman–Crippen LogP) is 0.0638. The molecule has 0 bridgehead atoms. The molecule has 4 nitrogen and oxygen atoms in total. The average molecular weight is 142 g/mol. The van der Waals surface area contributed by atoms with Gasteiger partial charge in [0.25, 0.3) is 0 Å². The zero-order chi connectivity index (χ0) is 6.62. The van der Waals surface area contributed by atoms with Crippen molar-refractivity contribution in [3.63, 3.8) is 0 Å². The van der Waals surface area contributed by atoms with Crippen LogP contribution in [0.4, 0.5) is 0 Å². The van der Waals surface area contributed by atoms with Gasteiger partial charge in [-0.15, -0.1) is 0 Å². The van der Waals surface area contributed by atoms with Crippen LogP contribution in [0.15, 0.2) is 0 Å². The summed E-state index contributed by atoms with van der Waals surface area (Å²) in [5.74, 6) is 0. The van der Waals surface area contributed by atoms with Crippen molar-refractivity contribution >= 4 is 8.17 Å². The zero-order valence-corrected chi connectivity index (χ0v) is 5.92. The van der Waals surface area contributed by atoms with Crippen LogP contribution in [0.3, 0.4) is 0 Å². The van der Waals surface area contributed by atoms with Crippen molar-refractivity contribution in [1.82, 2.24) is 0 Å². The summed E-state index contributed by atoms with van der Waals surface area (Å²) in [7, 11) is -2.48. The Bertz CT molecular complexity index is 64.3.